The lowest BCUT2D eigenvalue weighted by Gasteiger charge is -2.17. The molecule has 0 unspecified atom stereocenters. The summed E-state index contributed by atoms with van der Waals surface area (Å²) < 4.78 is 5.01. The van der Waals surface area contributed by atoms with Crippen LogP contribution in [0, 0.1) is 0 Å². The molecule has 4 nitrogen and oxygen atoms in total. The summed E-state index contributed by atoms with van der Waals surface area (Å²) in [5, 5.41) is 0. The molecule has 0 radical (unpaired) electrons. The Kier molecular flexibility index (Phi) is 3.23. The minimum absolute atomic E-state index is 0.0466. The van der Waals surface area contributed by atoms with Gasteiger partial charge in [-0.2, -0.15) is 0 Å². The fourth-order valence-corrected chi connectivity index (χ4v) is 1.58. The number of hydrogen-bond acceptors (Lipinski definition) is 4. The number of nitrogens with zero attached hydrogens (tertiary/aromatic N) is 2. The van der Waals surface area contributed by atoms with Crippen molar-refractivity contribution in [1.29, 1.82) is 0 Å². The molecule has 0 aliphatic rings. The largest absolute Gasteiger partial charge is 0.472 e. The maximum absolute atomic E-state index is 11.3. The standard InChI is InChI=1S/C13H14N2O2/c1-10(16)12-3-5-14-13(7-12)15(2)8-11-4-6-17-9-11/h3-7,9H,8H2,1-2H3. The molecule has 0 atom stereocenters. The molecule has 2 aromatic heterocycles. The van der Waals surface area contributed by atoms with Gasteiger partial charge in [0.25, 0.3) is 0 Å². The van der Waals surface area contributed by atoms with Gasteiger partial charge in [-0.3, -0.25) is 4.79 Å². The summed E-state index contributed by atoms with van der Waals surface area (Å²) in [4.78, 5) is 17.5. The van der Waals surface area contributed by atoms with E-state index < -0.39 is 0 Å². The van der Waals surface area contributed by atoms with E-state index in [1.54, 1.807) is 37.8 Å². The third kappa shape index (κ3) is 2.72. The van der Waals surface area contributed by atoms with E-state index in [0.717, 1.165) is 11.4 Å². The molecule has 0 N–H and O–H groups in total. The lowest BCUT2D eigenvalue weighted by molar-refractivity contribution is 0.101. The molecule has 2 aromatic rings. The van der Waals surface area contributed by atoms with Crippen LogP contribution in [0.15, 0.2) is 41.3 Å². The number of rotatable bonds is 4. The smallest absolute Gasteiger partial charge is 0.159 e. The Morgan fingerprint density at radius 2 is 2.29 bits per heavy atom. The molecule has 0 aromatic carbocycles. The minimum atomic E-state index is 0.0466. The van der Waals surface area contributed by atoms with Gasteiger partial charge in [0.15, 0.2) is 5.78 Å². The molecule has 0 bridgehead atoms. The number of aromatic nitrogens is 1. The van der Waals surface area contributed by atoms with Crippen molar-refractivity contribution in [3.05, 3.63) is 48.0 Å². The summed E-state index contributed by atoms with van der Waals surface area (Å²) in [7, 11) is 1.93. The number of carbonyl (C=O) groups is 1. The quantitative estimate of drug-likeness (QED) is 0.757. The van der Waals surface area contributed by atoms with Gasteiger partial charge in [-0.15, -0.1) is 0 Å². The number of furan rings is 1. The van der Waals surface area contributed by atoms with E-state index in [2.05, 4.69) is 4.98 Å². The first-order chi connectivity index (χ1) is 8.16. The highest BCUT2D eigenvalue weighted by atomic mass is 16.3. The molecule has 4 heteroatoms. The predicted octanol–water partition coefficient (Wildman–Crippen LogP) is 2.51. The van der Waals surface area contributed by atoms with Gasteiger partial charge in [0.1, 0.15) is 5.82 Å². The number of hydrogen-bond donors (Lipinski definition) is 0. The SMILES string of the molecule is CC(=O)c1ccnc(N(C)Cc2ccoc2)c1. The summed E-state index contributed by atoms with van der Waals surface area (Å²) >= 11 is 0. The normalized spacial score (nSPS) is 10.2. The van der Waals surface area contributed by atoms with Gasteiger partial charge >= 0.3 is 0 Å². The molecule has 0 aliphatic carbocycles. The first-order valence-electron chi connectivity index (χ1n) is 5.36. The van der Waals surface area contributed by atoms with E-state index in [4.69, 9.17) is 4.42 Å². The van der Waals surface area contributed by atoms with Gasteiger partial charge in [0.05, 0.1) is 12.5 Å². The molecule has 0 saturated carbocycles. The molecular formula is C13H14N2O2. The van der Waals surface area contributed by atoms with Crippen LogP contribution in [-0.2, 0) is 6.54 Å². The Morgan fingerprint density at radius 1 is 1.47 bits per heavy atom. The number of carbonyl (C=O) groups excluding carboxylic acids is 1. The van der Waals surface area contributed by atoms with Crippen molar-refractivity contribution in [2.24, 2.45) is 0 Å². The average molecular weight is 230 g/mol. The van der Waals surface area contributed by atoms with Crippen LogP contribution in [0.2, 0.25) is 0 Å². The fourth-order valence-electron chi connectivity index (χ4n) is 1.58. The Bertz CT molecular complexity index is 506. The first-order valence-corrected chi connectivity index (χ1v) is 5.36. The van der Waals surface area contributed by atoms with Crippen molar-refractivity contribution in [3.8, 4) is 0 Å². The highest BCUT2D eigenvalue weighted by Crippen LogP contribution is 2.14. The van der Waals surface area contributed by atoms with Crippen LogP contribution < -0.4 is 4.90 Å². The van der Waals surface area contributed by atoms with Crippen molar-refractivity contribution in [1.82, 2.24) is 4.98 Å². The Morgan fingerprint density at radius 3 is 2.94 bits per heavy atom. The highest BCUT2D eigenvalue weighted by Gasteiger charge is 2.07. The van der Waals surface area contributed by atoms with Crippen LogP contribution in [-0.4, -0.2) is 17.8 Å². The third-order valence-corrected chi connectivity index (χ3v) is 2.54. The van der Waals surface area contributed by atoms with Crippen LogP contribution in [0.3, 0.4) is 0 Å². The summed E-state index contributed by atoms with van der Waals surface area (Å²) in [6.07, 6.45) is 4.99. The van der Waals surface area contributed by atoms with Crippen LogP contribution in [0.5, 0.6) is 0 Å². The van der Waals surface area contributed by atoms with Crippen molar-refractivity contribution >= 4 is 11.6 Å². The molecule has 0 fully saturated rings. The van der Waals surface area contributed by atoms with Gasteiger partial charge in [-0.1, -0.05) is 0 Å². The maximum Gasteiger partial charge on any atom is 0.159 e. The Hall–Kier alpha value is -2.10. The van der Waals surface area contributed by atoms with Crippen molar-refractivity contribution in [2.45, 2.75) is 13.5 Å². The zero-order chi connectivity index (χ0) is 12.3. The molecule has 2 heterocycles. The molecule has 88 valence electrons. The molecule has 17 heavy (non-hydrogen) atoms. The molecule has 0 aliphatic heterocycles. The van der Waals surface area contributed by atoms with Crippen LogP contribution in [0.4, 0.5) is 5.82 Å². The zero-order valence-electron chi connectivity index (χ0n) is 9.88. The number of pyridine rings is 1. The van der Waals surface area contributed by atoms with E-state index in [-0.39, 0.29) is 5.78 Å². The highest BCUT2D eigenvalue weighted by molar-refractivity contribution is 5.94. The zero-order valence-corrected chi connectivity index (χ0v) is 9.88. The lowest BCUT2D eigenvalue weighted by Crippen LogP contribution is -2.17. The summed E-state index contributed by atoms with van der Waals surface area (Å²) in [5.41, 5.74) is 1.75. The van der Waals surface area contributed by atoms with E-state index >= 15 is 0 Å². The van der Waals surface area contributed by atoms with Gasteiger partial charge < -0.3 is 9.32 Å². The first kappa shape index (κ1) is 11.4. The number of Topliss-reactive ketones (excluding diaryl/α,β-unsaturated/α-hetero) is 1. The van der Waals surface area contributed by atoms with Gasteiger partial charge in [0.2, 0.25) is 0 Å². The topological polar surface area (TPSA) is 46.3 Å². The van der Waals surface area contributed by atoms with Crippen molar-refractivity contribution < 1.29 is 9.21 Å². The summed E-state index contributed by atoms with van der Waals surface area (Å²) in [6.45, 7) is 2.25. The predicted molar refractivity (Wildman–Crippen MR) is 65.1 cm³/mol. The number of anilines is 1. The second kappa shape index (κ2) is 4.82. The maximum atomic E-state index is 11.3. The van der Waals surface area contributed by atoms with E-state index in [1.807, 2.05) is 18.0 Å². The molecular weight excluding hydrogens is 216 g/mol. The van der Waals surface area contributed by atoms with Gasteiger partial charge in [-0.05, 0) is 25.1 Å². The van der Waals surface area contributed by atoms with Crippen molar-refractivity contribution in [2.75, 3.05) is 11.9 Å². The van der Waals surface area contributed by atoms with Crippen LogP contribution in [0.1, 0.15) is 22.8 Å². The second-order valence-corrected chi connectivity index (χ2v) is 3.95. The molecule has 2 rings (SSSR count). The Balaban J connectivity index is 2.16. The van der Waals surface area contributed by atoms with Gasteiger partial charge in [-0.25, -0.2) is 4.98 Å². The molecule has 0 spiro atoms. The summed E-state index contributed by atoms with van der Waals surface area (Å²) in [5.74, 6) is 0.823. The average Bonchev–Trinajstić information content (AvgIpc) is 2.82. The van der Waals surface area contributed by atoms with Crippen LogP contribution in [0.25, 0.3) is 0 Å². The molecule has 0 saturated heterocycles. The molecule has 0 amide bonds. The monoisotopic (exact) mass is 230 g/mol. The minimum Gasteiger partial charge on any atom is -0.472 e. The van der Waals surface area contributed by atoms with Crippen LogP contribution >= 0.6 is 0 Å². The van der Waals surface area contributed by atoms with E-state index in [9.17, 15) is 4.79 Å². The summed E-state index contributed by atoms with van der Waals surface area (Å²) in [6, 6.07) is 5.42. The fraction of sp³-hybridized carbons (Fsp3) is 0.231. The van der Waals surface area contributed by atoms with E-state index in [0.29, 0.717) is 12.1 Å². The Labute approximate surface area is 99.9 Å². The lowest BCUT2D eigenvalue weighted by atomic mass is 10.2. The van der Waals surface area contributed by atoms with E-state index in [1.165, 1.54) is 0 Å². The third-order valence-electron chi connectivity index (χ3n) is 2.54. The van der Waals surface area contributed by atoms with Gasteiger partial charge in [0, 0.05) is 30.9 Å². The second-order valence-electron chi connectivity index (χ2n) is 3.95. The van der Waals surface area contributed by atoms with Crippen molar-refractivity contribution in [3.63, 3.8) is 0 Å². The number of ketones is 1.